The van der Waals surface area contributed by atoms with Gasteiger partial charge in [-0.25, -0.2) is 0 Å². The minimum atomic E-state index is 0.717. The highest BCUT2D eigenvalue weighted by atomic mass is 15.2. The molecule has 0 radical (unpaired) electrons. The summed E-state index contributed by atoms with van der Waals surface area (Å²) in [7, 11) is 4.05. The number of fused-ring (bicyclic) bond motifs is 1. The van der Waals surface area contributed by atoms with Crippen molar-refractivity contribution in [2.75, 3.05) is 40.3 Å². The van der Waals surface area contributed by atoms with Crippen LogP contribution in [0, 0.1) is 12.8 Å². The van der Waals surface area contributed by atoms with Gasteiger partial charge >= 0.3 is 0 Å². The van der Waals surface area contributed by atoms with Crippen LogP contribution in [0.2, 0.25) is 0 Å². The lowest BCUT2D eigenvalue weighted by Gasteiger charge is -2.30. The molecule has 1 unspecified atom stereocenters. The second kappa shape index (κ2) is 8.39. The molecule has 3 rings (SSSR count). The molecule has 0 amide bonds. The standard InChI is InChI=1S/C20H31N5/c1-15-6-7-18-17(13-23-19(18)11-15)8-9-22-20(21-2)24-12-16-5-4-10-25(3)14-16/h6-7,11,13,16,23H,4-5,8-10,12,14H2,1-3H3,(H2,21,22,24). The van der Waals surface area contributed by atoms with Crippen molar-refractivity contribution < 1.29 is 0 Å². The summed E-state index contributed by atoms with van der Waals surface area (Å²) in [6, 6.07) is 6.59. The topological polar surface area (TPSA) is 55.5 Å². The first-order valence-corrected chi connectivity index (χ1v) is 9.35. The first kappa shape index (κ1) is 17.8. The number of guanidine groups is 1. The molecule has 136 valence electrons. The van der Waals surface area contributed by atoms with E-state index in [2.05, 4.69) is 63.9 Å². The van der Waals surface area contributed by atoms with Gasteiger partial charge in [-0.05, 0) is 62.9 Å². The van der Waals surface area contributed by atoms with Crippen LogP contribution in [0.15, 0.2) is 29.4 Å². The Bertz CT molecular complexity index is 718. The maximum atomic E-state index is 4.36. The molecule has 5 heteroatoms. The summed E-state index contributed by atoms with van der Waals surface area (Å²) in [5.41, 5.74) is 3.86. The second-order valence-corrected chi connectivity index (χ2v) is 7.26. The van der Waals surface area contributed by atoms with E-state index in [1.165, 1.54) is 48.0 Å². The van der Waals surface area contributed by atoms with Gasteiger partial charge in [0.25, 0.3) is 0 Å². The zero-order valence-electron chi connectivity index (χ0n) is 15.7. The molecule has 0 saturated carbocycles. The summed E-state index contributed by atoms with van der Waals surface area (Å²) >= 11 is 0. The van der Waals surface area contributed by atoms with Gasteiger partial charge in [-0.1, -0.05) is 12.1 Å². The molecular formula is C20H31N5. The molecule has 1 aromatic heterocycles. The Hall–Kier alpha value is -2.01. The average molecular weight is 342 g/mol. The zero-order chi connectivity index (χ0) is 17.6. The van der Waals surface area contributed by atoms with Crippen molar-refractivity contribution >= 4 is 16.9 Å². The van der Waals surface area contributed by atoms with Crippen LogP contribution in [0.4, 0.5) is 0 Å². The maximum absolute atomic E-state index is 4.36. The van der Waals surface area contributed by atoms with Crippen LogP contribution in [0.5, 0.6) is 0 Å². The van der Waals surface area contributed by atoms with Crippen molar-refractivity contribution in [2.45, 2.75) is 26.2 Å². The van der Waals surface area contributed by atoms with E-state index in [1.54, 1.807) is 0 Å². The Labute approximate surface area is 150 Å². The Morgan fingerprint density at radius 2 is 2.24 bits per heavy atom. The van der Waals surface area contributed by atoms with Crippen molar-refractivity contribution in [3.8, 4) is 0 Å². The molecule has 25 heavy (non-hydrogen) atoms. The molecule has 0 aliphatic carbocycles. The first-order chi connectivity index (χ1) is 12.2. The van der Waals surface area contributed by atoms with Gasteiger partial charge in [0, 0.05) is 43.8 Å². The number of aryl methyl sites for hydroxylation is 1. The molecule has 1 atom stereocenters. The summed E-state index contributed by atoms with van der Waals surface area (Å²) in [4.78, 5) is 10.2. The number of rotatable bonds is 5. The van der Waals surface area contributed by atoms with E-state index in [1.807, 2.05) is 7.05 Å². The summed E-state index contributed by atoms with van der Waals surface area (Å²) in [6.07, 6.45) is 5.72. The van der Waals surface area contributed by atoms with Gasteiger partial charge in [0.2, 0.25) is 0 Å². The first-order valence-electron chi connectivity index (χ1n) is 9.35. The second-order valence-electron chi connectivity index (χ2n) is 7.26. The average Bonchev–Trinajstić information content (AvgIpc) is 3.00. The van der Waals surface area contributed by atoms with Crippen LogP contribution in [-0.4, -0.2) is 56.1 Å². The summed E-state index contributed by atoms with van der Waals surface area (Å²) < 4.78 is 0. The largest absolute Gasteiger partial charge is 0.361 e. The van der Waals surface area contributed by atoms with Crippen LogP contribution in [0.1, 0.15) is 24.0 Å². The van der Waals surface area contributed by atoms with Crippen LogP contribution in [0.3, 0.4) is 0 Å². The van der Waals surface area contributed by atoms with Crippen molar-refractivity contribution in [3.63, 3.8) is 0 Å². The lowest BCUT2D eigenvalue weighted by molar-refractivity contribution is 0.210. The van der Waals surface area contributed by atoms with Crippen LogP contribution >= 0.6 is 0 Å². The van der Waals surface area contributed by atoms with Crippen molar-refractivity contribution in [1.29, 1.82) is 0 Å². The van der Waals surface area contributed by atoms with E-state index < -0.39 is 0 Å². The Balaban J connectivity index is 1.46. The zero-order valence-corrected chi connectivity index (χ0v) is 15.7. The van der Waals surface area contributed by atoms with Crippen LogP contribution in [0.25, 0.3) is 10.9 Å². The lowest BCUT2D eigenvalue weighted by Crippen LogP contribution is -2.44. The van der Waals surface area contributed by atoms with E-state index in [0.29, 0.717) is 5.92 Å². The molecule has 3 N–H and O–H groups in total. The molecule has 0 spiro atoms. The Morgan fingerprint density at radius 1 is 1.36 bits per heavy atom. The summed E-state index contributed by atoms with van der Waals surface area (Å²) in [5.74, 6) is 1.62. The van der Waals surface area contributed by atoms with Gasteiger partial charge in [0.15, 0.2) is 5.96 Å². The van der Waals surface area contributed by atoms with Gasteiger partial charge in [0.1, 0.15) is 0 Å². The summed E-state index contributed by atoms with van der Waals surface area (Å²) in [6.45, 7) is 6.41. The third-order valence-corrected chi connectivity index (χ3v) is 5.11. The van der Waals surface area contributed by atoms with Gasteiger partial charge < -0.3 is 20.5 Å². The normalized spacial score (nSPS) is 19.3. The predicted molar refractivity (Wildman–Crippen MR) is 106 cm³/mol. The van der Waals surface area contributed by atoms with Crippen molar-refractivity contribution in [3.05, 3.63) is 35.5 Å². The predicted octanol–water partition coefficient (Wildman–Crippen LogP) is 2.53. The third kappa shape index (κ3) is 4.75. The number of piperidine rings is 1. The molecule has 0 bridgehead atoms. The fourth-order valence-electron chi connectivity index (χ4n) is 3.72. The Kier molecular flexibility index (Phi) is 5.97. The van der Waals surface area contributed by atoms with Crippen molar-refractivity contribution in [1.82, 2.24) is 20.5 Å². The van der Waals surface area contributed by atoms with E-state index in [9.17, 15) is 0 Å². The maximum Gasteiger partial charge on any atom is 0.190 e. The number of aromatic nitrogens is 1. The number of nitrogens with zero attached hydrogens (tertiary/aromatic N) is 2. The lowest BCUT2D eigenvalue weighted by atomic mass is 9.99. The SMILES string of the molecule is CN=C(NCCc1c[nH]c2cc(C)ccc12)NCC1CCCN(C)C1. The van der Waals surface area contributed by atoms with Gasteiger partial charge in [-0.2, -0.15) is 0 Å². The molecule has 1 aromatic carbocycles. The molecule has 2 heterocycles. The van der Waals surface area contributed by atoms with Crippen LogP contribution in [-0.2, 0) is 6.42 Å². The highest BCUT2D eigenvalue weighted by molar-refractivity contribution is 5.84. The molecule has 1 aliphatic heterocycles. The quantitative estimate of drug-likeness (QED) is 0.579. The van der Waals surface area contributed by atoms with Gasteiger partial charge in [-0.3, -0.25) is 4.99 Å². The molecule has 1 fully saturated rings. The monoisotopic (exact) mass is 341 g/mol. The highest BCUT2D eigenvalue weighted by Crippen LogP contribution is 2.19. The molecule has 1 saturated heterocycles. The smallest absolute Gasteiger partial charge is 0.190 e. The number of likely N-dealkylation sites (tertiary alicyclic amines) is 1. The van der Waals surface area contributed by atoms with E-state index in [0.717, 1.165) is 25.5 Å². The molecule has 5 nitrogen and oxygen atoms in total. The van der Waals surface area contributed by atoms with Crippen LogP contribution < -0.4 is 10.6 Å². The number of nitrogens with one attached hydrogen (secondary N) is 3. The van der Waals surface area contributed by atoms with E-state index >= 15 is 0 Å². The van der Waals surface area contributed by atoms with E-state index in [4.69, 9.17) is 0 Å². The number of hydrogen-bond donors (Lipinski definition) is 3. The number of aromatic amines is 1. The molecule has 2 aromatic rings. The van der Waals surface area contributed by atoms with E-state index in [-0.39, 0.29) is 0 Å². The number of H-pyrrole nitrogens is 1. The van der Waals surface area contributed by atoms with Gasteiger partial charge in [0.05, 0.1) is 0 Å². The highest BCUT2D eigenvalue weighted by Gasteiger charge is 2.17. The number of aliphatic imine (C=N–C) groups is 1. The summed E-state index contributed by atoms with van der Waals surface area (Å²) in [5, 5.41) is 8.25. The Morgan fingerprint density at radius 3 is 3.04 bits per heavy atom. The number of hydrogen-bond acceptors (Lipinski definition) is 2. The molecular weight excluding hydrogens is 310 g/mol. The minimum Gasteiger partial charge on any atom is -0.361 e. The number of benzene rings is 1. The minimum absolute atomic E-state index is 0.717. The molecule has 1 aliphatic rings. The third-order valence-electron chi connectivity index (χ3n) is 5.11. The van der Waals surface area contributed by atoms with Gasteiger partial charge in [-0.15, -0.1) is 0 Å². The fourth-order valence-corrected chi connectivity index (χ4v) is 3.72. The fraction of sp³-hybridized carbons (Fsp3) is 0.550. The van der Waals surface area contributed by atoms with Crippen molar-refractivity contribution in [2.24, 2.45) is 10.9 Å².